The zero-order valence-corrected chi connectivity index (χ0v) is 26.5. The third-order valence-corrected chi connectivity index (χ3v) is 7.18. The van der Waals surface area contributed by atoms with Gasteiger partial charge in [-0.1, -0.05) is 40.2 Å². The second kappa shape index (κ2) is 22.5. The smallest absolute Gasteiger partial charge is 0.303 e. The summed E-state index contributed by atoms with van der Waals surface area (Å²) in [7, 11) is 1.66. The van der Waals surface area contributed by atoms with E-state index in [1.165, 1.54) is 0 Å². The molecule has 1 rings (SSSR count). The van der Waals surface area contributed by atoms with Crippen molar-refractivity contribution in [1.29, 1.82) is 0 Å². The maximum Gasteiger partial charge on any atom is 0.303 e. The fourth-order valence-electron chi connectivity index (χ4n) is 4.46. The van der Waals surface area contributed by atoms with Crippen LogP contribution in [-0.4, -0.2) is 67.7 Å². The Hall–Kier alpha value is -2.07. The first-order chi connectivity index (χ1) is 19.1. The minimum Gasteiger partial charge on any atom is -0.490 e. The highest BCUT2D eigenvalue weighted by Gasteiger charge is 2.26. The Labute approximate surface area is 253 Å². The number of aliphatic hydroxyl groups excluding tert-OH is 1. The van der Waals surface area contributed by atoms with Gasteiger partial charge in [0.25, 0.3) is 0 Å². The van der Waals surface area contributed by atoms with Crippen molar-refractivity contribution in [3.8, 4) is 11.5 Å². The van der Waals surface area contributed by atoms with Gasteiger partial charge in [-0.05, 0) is 68.1 Å². The van der Waals surface area contributed by atoms with Crippen molar-refractivity contribution in [1.82, 2.24) is 5.32 Å². The molecule has 41 heavy (non-hydrogen) atoms. The normalized spacial score (nSPS) is 14.0. The molecular weight excluding hydrogens is 548 g/mol. The molecule has 0 saturated heterocycles. The van der Waals surface area contributed by atoms with Crippen LogP contribution in [0.15, 0.2) is 18.2 Å². The molecule has 9 nitrogen and oxygen atoms in total. The molecule has 10 heteroatoms. The second-order valence-electron chi connectivity index (χ2n) is 11.1. The van der Waals surface area contributed by atoms with E-state index in [-0.39, 0.29) is 36.6 Å². The van der Waals surface area contributed by atoms with E-state index in [4.69, 9.17) is 25.1 Å². The summed E-state index contributed by atoms with van der Waals surface area (Å²) in [5.74, 6) is 0.706. The van der Waals surface area contributed by atoms with Gasteiger partial charge in [-0.15, -0.1) is 12.4 Å². The Kier molecular flexibility index (Phi) is 21.4. The van der Waals surface area contributed by atoms with E-state index in [0.717, 1.165) is 31.2 Å². The fourth-order valence-corrected chi connectivity index (χ4v) is 4.46. The Morgan fingerprint density at radius 2 is 1.66 bits per heavy atom. The minimum atomic E-state index is -0.805. The number of amides is 1. The van der Waals surface area contributed by atoms with Gasteiger partial charge in [0.1, 0.15) is 0 Å². The van der Waals surface area contributed by atoms with Gasteiger partial charge in [-0.2, -0.15) is 0 Å². The monoisotopic (exact) mass is 602 g/mol. The molecule has 1 amide bonds. The van der Waals surface area contributed by atoms with Crippen LogP contribution in [0.4, 0.5) is 0 Å². The molecule has 0 bridgehead atoms. The van der Waals surface area contributed by atoms with E-state index in [9.17, 15) is 14.7 Å². The predicted octanol–water partition coefficient (Wildman–Crippen LogP) is 4.99. The van der Waals surface area contributed by atoms with Gasteiger partial charge in [-0.3, -0.25) is 9.59 Å². The molecule has 0 unspecified atom stereocenters. The number of carboxylic acid groups (broad SMARTS) is 1. The summed E-state index contributed by atoms with van der Waals surface area (Å²) in [5, 5.41) is 22.6. The van der Waals surface area contributed by atoms with E-state index in [2.05, 4.69) is 26.1 Å². The van der Waals surface area contributed by atoms with Crippen molar-refractivity contribution in [3.05, 3.63) is 23.8 Å². The summed E-state index contributed by atoms with van der Waals surface area (Å²) >= 11 is 0. The summed E-state index contributed by atoms with van der Waals surface area (Å²) < 4.78 is 17.1. The summed E-state index contributed by atoms with van der Waals surface area (Å²) in [5.41, 5.74) is 7.54. The van der Waals surface area contributed by atoms with Crippen LogP contribution in [0.25, 0.3) is 0 Å². The molecule has 0 fully saturated rings. The molecule has 0 spiro atoms. The number of benzene rings is 1. The van der Waals surface area contributed by atoms with Gasteiger partial charge in [0, 0.05) is 45.1 Å². The molecule has 0 radical (unpaired) electrons. The molecule has 4 atom stereocenters. The Morgan fingerprint density at radius 1 is 0.976 bits per heavy atom. The predicted molar refractivity (Wildman–Crippen MR) is 165 cm³/mol. The number of ether oxygens (including phenoxy) is 3. The van der Waals surface area contributed by atoms with Gasteiger partial charge in [0.15, 0.2) is 11.5 Å². The number of nitrogens with two attached hydrogens (primary N) is 1. The highest BCUT2D eigenvalue weighted by Crippen LogP contribution is 2.32. The van der Waals surface area contributed by atoms with Crippen molar-refractivity contribution < 1.29 is 34.0 Å². The maximum atomic E-state index is 12.3. The van der Waals surface area contributed by atoms with E-state index >= 15 is 0 Å². The number of nitrogens with one attached hydrogen (secondary N) is 1. The molecule has 0 aliphatic heterocycles. The number of methoxy groups -OCH3 is 1. The first-order valence-electron chi connectivity index (χ1n) is 14.9. The number of unbranched alkanes of at least 4 members (excludes halogenated alkanes) is 2. The van der Waals surface area contributed by atoms with Crippen LogP contribution in [0.1, 0.15) is 84.6 Å². The number of carboxylic acids is 1. The lowest BCUT2D eigenvalue weighted by molar-refractivity contribution is -0.137. The number of hydrogen-bond donors (Lipinski definition) is 4. The number of rotatable bonds is 23. The van der Waals surface area contributed by atoms with Crippen LogP contribution >= 0.6 is 12.4 Å². The largest absolute Gasteiger partial charge is 0.490 e. The zero-order valence-electron chi connectivity index (χ0n) is 25.7. The molecule has 0 aliphatic rings. The lowest BCUT2D eigenvalue weighted by Gasteiger charge is -2.28. The number of aliphatic carboxylic acids is 1. The van der Waals surface area contributed by atoms with E-state index in [1.807, 2.05) is 25.1 Å². The van der Waals surface area contributed by atoms with E-state index in [0.29, 0.717) is 69.5 Å². The Balaban J connectivity index is 0.0000160. The second-order valence-corrected chi connectivity index (χ2v) is 11.1. The topological polar surface area (TPSA) is 140 Å². The van der Waals surface area contributed by atoms with Crippen LogP contribution in [0.3, 0.4) is 0 Å². The van der Waals surface area contributed by atoms with Crippen molar-refractivity contribution in [2.24, 2.45) is 23.5 Å². The third kappa shape index (κ3) is 16.8. The SMILES string of the molecule is CCCCNC(=O)[C@H](C)C[C@H](O)[C@@H](N)C[C@H](Cc1ccc(OCCCCC(=O)O)c(OCCCOC)c1)C(C)C.Cl. The van der Waals surface area contributed by atoms with Crippen LogP contribution in [-0.2, 0) is 20.7 Å². The summed E-state index contributed by atoms with van der Waals surface area (Å²) in [6.07, 6.45) is 5.00. The van der Waals surface area contributed by atoms with Crippen molar-refractivity contribution in [2.75, 3.05) is 33.5 Å². The number of halogens is 1. The van der Waals surface area contributed by atoms with Crippen LogP contribution in [0.5, 0.6) is 11.5 Å². The van der Waals surface area contributed by atoms with Crippen LogP contribution in [0, 0.1) is 17.8 Å². The van der Waals surface area contributed by atoms with Gasteiger partial charge in [0.05, 0.1) is 19.3 Å². The molecule has 0 aliphatic carbocycles. The average molecular weight is 603 g/mol. The Morgan fingerprint density at radius 3 is 2.29 bits per heavy atom. The molecular formula is C31H55ClN2O7. The highest BCUT2D eigenvalue weighted by molar-refractivity contribution is 5.85. The van der Waals surface area contributed by atoms with Gasteiger partial charge < -0.3 is 35.5 Å². The number of carbonyl (C=O) groups is 2. The molecule has 0 aromatic heterocycles. The van der Waals surface area contributed by atoms with Gasteiger partial charge in [0.2, 0.25) is 5.91 Å². The molecule has 1 aromatic carbocycles. The van der Waals surface area contributed by atoms with Crippen molar-refractivity contribution in [3.63, 3.8) is 0 Å². The first kappa shape index (κ1) is 38.9. The maximum absolute atomic E-state index is 12.3. The lowest BCUT2D eigenvalue weighted by Crippen LogP contribution is -2.41. The highest BCUT2D eigenvalue weighted by atomic mass is 35.5. The Bertz CT molecular complexity index is 856. The number of carbonyl (C=O) groups excluding carboxylic acids is 1. The van der Waals surface area contributed by atoms with Crippen molar-refractivity contribution >= 4 is 24.3 Å². The first-order valence-corrected chi connectivity index (χ1v) is 14.9. The molecule has 1 aromatic rings. The summed E-state index contributed by atoms with van der Waals surface area (Å²) in [6, 6.07) is 5.49. The number of aliphatic hydroxyl groups is 1. The zero-order chi connectivity index (χ0) is 29.9. The standard InChI is InChI=1S/C31H54N2O7.ClH/c1-6-7-14-33-31(37)23(4)18-27(34)26(32)21-25(22(2)3)19-24-12-13-28(39-16-9-8-11-30(35)36)29(20-24)40-17-10-15-38-5;/h12-13,20,22-23,25-27,34H,6-11,14-19,21,32H2,1-5H3,(H,33,37)(H,35,36);1H/t23-,25+,26+,27+;/m1./s1. The third-order valence-electron chi connectivity index (χ3n) is 7.18. The van der Waals surface area contributed by atoms with Gasteiger partial charge in [-0.25, -0.2) is 0 Å². The average Bonchev–Trinajstić information content (AvgIpc) is 2.91. The molecule has 0 saturated carbocycles. The lowest BCUT2D eigenvalue weighted by atomic mass is 9.82. The van der Waals surface area contributed by atoms with E-state index < -0.39 is 18.1 Å². The minimum absolute atomic E-state index is 0. The molecule has 238 valence electrons. The quantitative estimate of drug-likeness (QED) is 0.128. The molecule has 0 heterocycles. The fraction of sp³-hybridized carbons (Fsp3) is 0.742. The van der Waals surface area contributed by atoms with Crippen LogP contribution in [0.2, 0.25) is 0 Å². The summed E-state index contributed by atoms with van der Waals surface area (Å²) in [6.45, 7) is 10.4. The van der Waals surface area contributed by atoms with Gasteiger partial charge >= 0.3 is 5.97 Å². The summed E-state index contributed by atoms with van der Waals surface area (Å²) in [4.78, 5) is 23.1. The van der Waals surface area contributed by atoms with Crippen molar-refractivity contribution in [2.45, 2.75) is 97.6 Å². The number of hydrogen-bond acceptors (Lipinski definition) is 7. The van der Waals surface area contributed by atoms with Crippen LogP contribution < -0.4 is 20.5 Å². The van der Waals surface area contributed by atoms with E-state index in [1.54, 1.807) is 7.11 Å². The molecule has 5 N–H and O–H groups in total.